The van der Waals surface area contributed by atoms with Crippen LogP contribution in [0.2, 0.25) is 0 Å². The number of hydrogen-bond acceptors (Lipinski definition) is 4. The summed E-state index contributed by atoms with van der Waals surface area (Å²) in [5, 5.41) is 10.2. The second kappa shape index (κ2) is 6.48. The zero-order valence-corrected chi connectivity index (χ0v) is 12.7. The molecule has 3 rings (SSSR count). The minimum Gasteiger partial charge on any atom is -0.336 e. The maximum Gasteiger partial charge on any atom is 0.401 e. The van der Waals surface area contributed by atoms with Crippen molar-refractivity contribution in [1.82, 2.24) is 25.3 Å². The van der Waals surface area contributed by atoms with Crippen LogP contribution in [-0.4, -0.2) is 71.3 Å². The van der Waals surface area contributed by atoms with Crippen LogP contribution in [0, 0.1) is 0 Å². The van der Waals surface area contributed by atoms with Crippen molar-refractivity contribution in [3.05, 3.63) is 17.0 Å². The molecule has 0 radical (unpaired) electrons. The monoisotopic (exact) mass is 331 g/mol. The van der Waals surface area contributed by atoms with Crippen molar-refractivity contribution in [2.45, 2.75) is 25.6 Å². The van der Waals surface area contributed by atoms with Gasteiger partial charge in [0.2, 0.25) is 0 Å². The number of nitrogens with zero attached hydrogens (tertiary/aromatic N) is 3. The van der Waals surface area contributed by atoms with Gasteiger partial charge in [-0.2, -0.15) is 18.3 Å². The highest BCUT2D eigenvalue weighted by Gasteiger charge is 2.32. The SMILES string of the molecule is O=C(c1n[nH]c2c1CNCC2)N1CCCN(CC(F)(F)F)CC1. The fourth-order valence-corrected chi connectivity index (χ4v) is 3.14. The maximum atomic E-state index is 12.7. The van der Waals surface area contributed by atoms with Crippen molar-refractivity contribution in [2.75, 3.05) is 39.3 Å². The lowest BCUT2D eigenvalue weighted by molar-refractivity contribution is -0.145. The van der Waals surface area contributed by atoms with E-state index in [-0.39, 0.29) is 12.5 Å². The number of nitrogens with one attached hydrogen (secondary N) is 2. The number of aromatic nitrogens is 2. The summed E-state index contributed by atoms with van der Waals surface area (Å²) in [6, 6.07) is 0. The Hall–Kier alpha value is -1.61. The molecule has 2 aliphatic heterocycles. The molecule has 2 N–H and O–H groups in total. The lowest BCUT2D eigenvalue weighted by Crippen LogP contribution is -2.39. The summed E-state index contributed by atoms with van der Waals surface area (Å²) >= 11 is 0. The molecule has 23 heavy (non-hydrogen) atoms. The minimum absolute atomic E-state index is 0.194. The number of carbonyl (C=O) groups excluding carboxylic acids is 1. The van der Waals surface area contributed by atoms with Gasteiger partial charge in [-0.25, -0.2) is 0 Å². The van der Waals surface area contributed by atoms with Crippen LogP contribution in [0.25, 0.3) is 0 Å². The third-order valence-electron chi connectivity index (χ3n) is 4.29. The number of alkyl halides is 3. The van der Waals surface area contributed by atoms with Crippen molar-refractivity contribution >= 4 is 5.91 Å². The Labute approximate surface area is 132 Å². The van der Waals surface area contributed by atoms with E-state index in [1.807, 2.05) is 0 Å². The van der Waals surface area contributed by atoms with Gasteiger partial charge >= 0.3 is 6.18 Å². The van der Waals surface area contributed by atoms with E-state index >= 15 is 0 Å². The predicted molar refractivity (Wildman–Crippen MR) is 77.0 cm³/mol. The van der Waals surface area contributed by atoms with Gasteiger partial charge in [0.25, 0.3) is 5.91 Å². The van der Waals surface area contributed by atoms with Gasteiger partial charge in [-0.15, -0.1) is 0 Å². The molecule has 1 aromatic rings. The van der Waals surface area contributed by atoms with Gasteiger partial charge in [-0.1, -0.05) is 0 Å². The Morgan fingerprint density at radius 2 is 2.04 bits per heavy atom. The Morgan fingerprint density at radius 3 is 2.83 bits per heavy atom. The van der Waals surface area contributed by atoms with Crippen LogP contribution in [0.3, 0.4) is 0 Å². The maximum absolute atomic E-state index is 12.7. The molecule has 0 bridgehead atoms. The van der Waals surface area contributed by atoms with Crippen LogP contribution in [-0.2, 0) is 13.0 Å². The lowest BCUT2D eigenvalue weighted by atomic mass is 10.1. The smallest absolute Gasteiger partial charge is 0.336 e. The Balaban J connectivity index is 1.65. The molecule has 1 saturated heterocycles. The van der Waals surface area contributed by atoms with E-state index < -0.39 is 12.7 Å². The van der Waals surface area contributed by atoms with Crippen LogP contribution in [0.1, 0.15) is 28.2 Å². The van der Waals surface area contributed by atoms with E-state index in [4.69, 9.17) is 0 Å². The average Bonchev–Trinajstić information content (AvgIpc) is 2.79. The summed E-state index contributed by atoms with van der Waals surface area (Å²) < 4.78 is 37.5. The van der Waals surface area contributed by atoms with E-state index in [0.29, 0.717) is 38.3 Å². The first-order valence-corrected chi connectivity index (χ1v) is 7.79. The topological polar surface area (TPSA) is 64.3 Å². The normalized spacial score (nSPS) is 20.2. The van der Waals surface area contributed by atoms with E-state index in [2.05, 4.69) is 15.5 Å². The number of amides is 1. The molecule has 9 heteroatoms. The van der Waals surface area contributed by atoms with Crippen LogP contribution < -0.4 is 5.32 Å². The minimum atomic E-state index is -4.20. The molecule has 3 heterocycles. The molecular weight excluding hydrogens is 311 g/mol. The number of fused-ring (bicyclic) bond motifs is 1. The number of carbonyl (C=O) groups is 1. The Morgan fingerprint density at radius 1 is 1.22 bits per heavy atom. The summed E-state index contributed by atoms with van der Waals surface area (Å²) in [5.74, 6) is -0.194. The van der Waals surface area contributed by atoms with Gasteiger partial charge in [0.1, 0.15) is 0 Å². The lowest BCUT2D eigenvalue weighted by Gasteiger charge is -2.23. The summed E-state index contributed by atoms with van der Waals surface area (Å²) in [6.07, 6.45) is -2.87. The zero-order valence-electron chi connectivity index (χ0n) is 12.7. The fraction of sp³-hybridized carbons (Fsp3) is 0.714. The molecule has 0 saturated carbocycles. The molecule has 0 unspecified atom stereocenters. The molecule has 6 nitrogen and oxygen atoms in total. The third-order valence-corrected chi connectivity index (χ3v) is 4.29. The van der Waals surface area contributed by atoms with Gasteiger partial charge in [0.05, 0.1) is 6.54 Å². The van der Waals surface area contributed by atoms with E-state index in [1.54, 1.807) is 4.90 Å². The van der Waals surface area contributed by atoms with E-state index in [1.165, 1.54) is 4.90 Å². The van der Waals surface area contributed by atoms with Gasteiger partial charge in [-0.3, -0.25) is 14.8 Å². The van der Waals surface area contributed by atoms with Crippen molar-refractivity contribution in [2.24, 2.45) is 0 Å². The molecule has 0 atom stereocenters. The Kier molecular flexibility index (Phi) is 4.58. The number of hydrogen-bond donors (Lipinski definition) is 2. The van der Waals surface area contributed by atoms with Crippen LogP contribution >= 0.6 is 0 Å². The molecule has 0 aliphatic carbocycles. The molecule has 1 aromatic heterocycles. The summed E-state index contributed by atoms with van der Waals surface area (Å²) in [4.78, 5) is 15.6. The third kappa shape index (κ3) is 3.84. The zero-order chi connectivity index (χ0) is 16.4. The highest BCUT2D eigenvalue weighted by atomic mass is 19.4. The molecular formula is C14H20F3N5O. The first-order valence-electron chi connectivity index (χ1n) is 7.79. The predicted octanol–water partition coefficient (Wildman–Crippen LogP) is 0.766. The number of halogens is 3. The summed E-state index contributed by atoms with van der Waals surface area (Å²) in [5.41, 5.74) is 2.26. The molecule has 0 spiro atoms. The largest absolute Gasteiger partial charge is 0.401 e. The number of H-pyrrole nitrogens is 1. The molecule has 1 fully saturated rings. The Bertz CT molecular complexity index is 571. The first-order chi connectivity index (χ1) is 10.9. The van der Waals surface area contributed by atoms with Crippen LogP contribution in [0.5, 0.6) is 0 Å². The van der Waals surface area contributed by atoms with Gasteiger partial charge in [0, 0.05) is 56.9 Å². The van der Waals surface area contributed by atoms with Crippen molar-refractivity contribution in [3.63, 3.8) is 0 Å². The molecule has 0 aromatic carbocycles. The van der Waals surface area contributed by atoms with Gasteiger partial charge in [-0.05, 0) is 6.42 Å². The second-order valence-electron chi connectivity index (χ2n) is 5.99. The molecule has 128 valence electrons. The second-order valence-corrected chi connectivity index (χ2v) is 5.99. The first kappa shape index (κ1) is 16.3. The van der Waals surface area contributed by atoms with Gasteiger partial charge in [0.15, 0.2) is 5.69 Å². The number of rotatable bonds is 2. The van der Waals surface area contributed by atoms with Crippen molar-refractivity contribution < 1.29 is 18.0 Å². The van der Waals surface area contributed by atoms with Crippen molar-refractivity contribution in [3.8, 4) is 0 Å². The van der Waals surface area contributed by atoms with E-state index in [0.717, 1.165) is 24.2 Å². The highest BCUT2D eigenvalue weighted by molar-refractivity contribution is 5.94. The quantitative estimate of drug-likeness (QED) is 0.840. The van der Waals surface area contributed by atoms with Gasteiger partial charge < -0.3 is 10.2 Å². The fourth-order valence-electron chi connectivity index (χ4n) is 3.14. The summed E-state index contributed by atoms with van der Waals surface area (Å²) in [6.45, 7) is 1.86. The number of aromatic amines is 1. The molecule has 1 amide bonds. The van der Waals surface area contributed by atoms with E-state index in [9.17, 15) is 18.0 Å². The van der Waals surface area contributed by atoms with Crippen LogP contribution in [0.4, 0.5) is 13.2 Å². The average molecular weight is 331 g/mol. The van der Waals surface area contributed by atoms with Crippen LogP contribution in [0.15, 0.2) is 0 Å². The summed E-state index contributed by atoms with van der Waals surface area (Å²) in [7, 11) is 0. The standard InChI is InChI=1S/C14H20F3N5O/c15-14(16,17)9-21-4-1-5-22(7-6-21)13(23)12-10-8-18-3-2-11(10)19-20-12/h18H,1-9H2,(H,19,20). The van der Waals surface area contributed by atoms with Crippen molar-refractivity contribution in [1.29, 1.82) is 0 Å². The molecule has 2 aliphatic rings. The highest BCUT2D eigenvalue weighted by Crippen LogP contribution is 2.20.